The first-order valence-corrected chi connectivity index (χ1v) is 8.16. The Morgan fingerprint density at radius 3 is 2.62 bits per heavy atom. The molecule has 126 valence electrons. The Balaban J connectivity index is 1.65. The number of imide groups is 1. The van der Waals surface area contributed by atoms with Gasteiger partial charge in [-0.15, -0.1) is 11.3 Å². The van der Waals surface area contributed by atoms with Crippen molar-refractivity contribution >= 4 is 29.1 Å². The molecule has 0 spiro atoms. The quantitative estimate of drug-likeness (QED) is 0.778. The Hall–Kier alpha value is -2.67. The van der Waals surface area contributed by atoms with Crippen LogP contribution in [0.4, 0.5) is 0 Å². The van der Waals surface area contributed by atoms with Crippen molar-refractivity contribution < 1.29 is 23.9 Å². The lowest BCUT2D eigenvalue weighted by atomic mass is 10.2. The predicted molar refractivity (Wildman–Crippen MR) is 89.0 cm³/mol. The molecular formula is C17H17NO5S. The van der Waals surface area contributed by atoms with E-state index in [9.17, 15) is 14.4 Å². The standard InChI is InChI=1S/C17H17NO5S/c1-12-5-2-3-6-13(12)22-9-8-16(20)23-11-15(19)18-17(21)14-7-4-10-24-14/h2-7,10H,8-9,11H2,1H3,(H,18,19,21). The lowest BCUT2D eigenvalue weighted by Crippen LogP contribution is -2.33. The predicted octanol–water partition coefficient (Wildman–Crippen LogP) is 2.33. The van der Waals surface area contributed by atoms with E-state index in [0.717, 1.165) is 5.56 Å². The van der Waals surface area contributed by atoms with Gasteiger partial charge in [0.15, 0.2) is 6.61 Å². The molecule has 1 N–H and O–H groups in total. The van der Waals surface area contributed by atoms with Crippen molar-refractivity contribution in [3.63, 3.8) is 0 Å². The van der Waals surface area contributed by atoms with Gasteiger partial charge in [-0.3, -0.25) is 19.7 Å². The molecule has 0 aliphatic heterocycles. The molecule has 0 saturated carbocycles. The van der Waals surface area contributed by atoms with Crippen LogP contribution in [-0.4, -0.2) is 31.0 Å². The van der Waals surface area contributed by atoms with Crippen molar-refractivity contribution in [2.24, 2.45) is 0 Å². The summed E-state index contributed by atoms with van der Waals surface area (Å²) < 4.78 is 10.3. The van der Waals surface area contributed by atoms with Crippen molar-refractivity contribution in [3.05, 3.63) is 52.2 Å². The van der Waals surface area contributed by atoms with Gasteiger partial charge in [0.05, 0.1) is 17.9 Å². The van der Waals surface area contributed by atoms with Gasteiger partial charge in [0, 0.05) is 0 Å². The van der Waals surface area contributed by atoms with E-state index in [1.165, 1.54) is 11.3 Å². The average Bonchev–Trinajstić information content (AvgIpc) is 3.09. The largest absolute Gasteiger partial charge is 0.493 e. The highest BCUT2D eigenvalue weighted by Crippen LogP contribution is 2.16. The van der Waals surface area contributed by atoms with Crippen LogP contribution in [0.1, 0.15) is 21.7 Å². The summed E-state index contributed by atoms with van der Waals surface area (Å²) >= 11 is 1.22. The first-order valence-electron chi connectivity index (χ1n) is 7.28. The molecule has 0 aliphatic carbocycles. The molecule has 1 aromatic carbocycles. The van der Waals surface area contributed by atoms with E-state index < -0.39 is 24.4 Å². The van der Waals surface area contributed by atoms with Crippen LogP contribution >= 0.6 is 11.3 Å². The summed E-state index contributed by atoms with van der Waals surface area (Å²) in [7, 11) is 0. The molecule has 6 nitrogen and oxygen atoms in total. The van der Waals surface area contributed by atoms with Crippen LogP contribution in [0.2, 0.25) is 0 Å². The van der Waals surface area contributed by atoms with Crippen LogP contribution in [0.25, 0.3) is 0 Å². The number of amides is 2. The van der Waals surface area contributed by atoms with Crippen LogP contribution < -0.4 is 10.1 Å². The number of ether oxygens (including phenoxy) is 2. The SMILES string of the molecule is Cc1ccccc1OCCC(=O)OCC(=O)NC(=O)c1cccs1. The Kier molecular flexibility index (Phi) is 6.51. The number of hydrogen-bond acceptors (Lipinski definition) is 6. The first-order chi connectivity index (χ1) is 11.6. The first kappa shape index (κ1) is 17.7. The summed E-state index contributed by atoms with van der Waals surface area (Å²) in [5.41, 5.74) is 0.970. The maximum absolute atomic E-state index is 11.6. The summed E-state index contributed by atoms with van der Waals surface area (Å²) in [5, 5.41) is 3.88. The number of nitrogens with one attached hydrogen (secondary N) is 1. The molecule has 0 saturated heterocycles. The summed E-state index contributed by atoms with van der Waals surface area (Å²) in [6.45, 7) is 1.56. The molecule has 2 rings (SSSR count). The van der Waals surface area contributed by atoms with Gasteiger partial charge in [0.1, 0.15) is 5.75 Å². The number of carbonyl (C=O) groups is 3. The van der Waals surface area contributed by atoms with Gasteiger partial charge in [-0.2, -0.15) is 0 Å². The van der Waals surface area contributed by atoms with Crippen molar-refractivity contribution in [2.75, 3.05) is 13.2 Å². The fraction of sp³-hybridized carbons (Fsp3) is 0.235. The van der Waals surface area contributed by atoms with Gasteiger partial charge >= 0.3 is 5.97 Å². The van der Waals surface area contributed by atoms with Crippen LogP contribution in [0.3, 0.4) is 0 Å². The molecular weight excluding hydrogens is 330 g/mol. The summed E-state index contributed by atoms with van der Waals surface area (Å²) in [4.78, 5) is 35.2. The number of rotatable bonds is 7. The lowest BCUT2D eigenvalue weighted by Gasteiger charge is -2.08. The molecule has 2 amide bonds. The monoisotopic (exact) mass is 347 g/mol. The molecule has 2 aromatic rings. The van der Waals surface area contributed by atoms with Crippen LogP contribution in [0, 0.1) is 6.92 Å². The Morgan fingerprint density at radius 2 is 1.92 bits per heavy atom. The molecule has 7 heteroatoms. The minimum absolute atomic E-state index is 0.0144. The number of benzene rings is 1. The maximum atomic E-state index is 11.6. The van der Waals surface area contributed by atoms with Crippen molar-refractivity contribution in [1.29, 1.82) is 0 Å². The van der Waals surface area contributed by atoms with Crippen LogP contribution in [-0.2, 0) is 14.3 Å². The molecule has 1 heterocycles. The molecule has 24 heavy (non-hydrogen) atoms. The number of aryl methyl sites for hydroxylation is 1. The minimum Gasteiger partial charge on any atom is -0.493 e. The average molecular weight is 347 g/mol. The molecule has 0 unspecified atom stereocenters. The third-order valence-corrected chi connectivity index (χ3v) is 3.89. The number of para-hydroxylation sites is 1. The number of thiophene rings is 1. The maximum Gasteiger partial charge on any atom is 0.309 e. The Bertz CT molecular complexity index is 712. The topological polar surface area (TPSA) is 81.7 Å². The number of carbonyl (C=O) groups excluding carboxylic acids is 3. The van der Waals surface area contributed by atoms with E-state index in [-0.39, 0.29) is 13.0 Å². The summed E-state index contributed by atoms with van der Waals surface area (Å²) in [6, 6.07) is 10.8. The second-order valence-electron chi connectivity index (χ2n) is 4.88. The molecule has 0 bridgehead atoms. The van der Waals surface area contributed by atoms with Gasteiger partial charge in [0.25, 0.3) is 11.8 Å². The van der Waals surface area contributed by atoms with E-state index >= 15 is 0 Å². The number of esters is 1. The zero-order chi connectivity index (χ0) is 17.4. The van der Waals surface area contributed by atoms with E-state index in [4.69, 9.17) is 9.47 Å². The Labute approximate surface area is 143 Å². The smallest absolute Gasteiger partial charge is 0.309 e. The second-order valence-corrected chi connectivity index (χ2v) is 5.83. The zero-order valence-electron chi connectivity index (χ0n) is 13.1. The number of hydrogen-bond donors (Lipinski definition) is 1. The molecule has 0 aliphatic rings. The normalized spacial score (nSPS) is 10.0. The van der Waals surface area contributed by atoms with E-state index in [0.29, 0.717) is 10.6 Å². The van der Waals surface area contributed by atoms with Crippen LogP contribution in [0.15, 0.2) is 41.8 Å². The van der Waals surface area contributed by atoms with Gasteiger partial charge in [-0.05, 0) is 30.0 Å². The summed E-state index contributed by atoms with van der Waals surface area (Å²) in [5.74, 6) is -1.04. The summed E-state index contributed by atoms with van der Waals surface area (Å²) in [6.07, 6.45) is 0.0144. The van der Waals surface area contributed by atoms with Crippen molar-refractivity contribution in [1.82, 2.24) is 5.32 Å². The fourth-order valence-electron chi connectivity index (χ4n) is 1.81. The molecule has 1 aromatic heterocycles. The minimum atomic E-state index is -0.665. The van der Waals surface area contributed by atoms with Gasteiger partial charge in [0.2, 0.25) is 0 Å². The molecule has 0 atom stereocenters. The Morgan fingerprint density at radius 1 is 1.12 bits per heavy atom. The van der Waals surface area contributed by atoms with Gasteiger partial charge < -0.3 is 9.47 Å². The highest BCUT2D eigenvalue weighted by molar-refractivity contribution is 7.12. The third kappa shape index (κ3) is 5.51. The third-order valence-electron chi connectivity index (χ3n) is 3.02. The van der Waals surface area contributed by atoms with Crippen molar-refractivity contribution in [3.8, 4) is 5.75 Å². The van der Waals surface area contributed by atoms with E-state index in [2.05, 4.69) is 5.32 Å². The molecule has 0 fully saturated rings. The van der Waals surface area contributed by atoms with Gasteiger partial charge in [-0.1, -0.05) is 24.3 Å². The van der Waals surface area contributed by atoms with Crippen LogP contribution in [0.5, 0.6) is 5.75 Å². The fourth-order valence-corrected chi connectivity index (χ4v) is 2.43. The highest BCUT2D eigenvalue weighted by Gasteiger charge is 2.13. The van der Waals surface area contributed by atoms with E-state index in [1.54, 1.807) is 17.5 Å². The van der Waals surface area contributed by atoms with Crippen molar-refractivity contribution in [2.45, 2.75) is 13.3 Å². The zero-order valence-corrected chi connectivity index (χ0v) is 13.9. The second kappa shape index (κ2) is 8.83. The van der Waals surface area contributed by atoms with E-state index in [1.807, 2.05) is 31.2 Å². The lowest BCUT2D eigenvalue weighted by molar-refractivity contribution is -0.148. The van der Waals surface area contributed by atoms with Gasteiger partial charge in [-0.25, -0.2) is 0 Å². The highest BCUT2D eigenvalue weighted by atomic mass is 32.1. The molecule has 0 radical (unpaired) electrons.